The molecule has 2 aromatic carbocycles. The Morgan fingerprint density at radius 1 is 1.03 bits per heavy atom. The van der Waals surface area contributed by atoms with Gasteiger partial charge in [-0.3, -0.25) is 4.79 Å². The van der Waals surface area contributed by atoms with E-state index in [1.807, 2.05) is 12.1 Å². The lowest BCUT2D eigenvalue weighted by Crippen LogP contribution is -2.23. The van der Waals surface area contributed by atoms with Gasteiger partial charge in [0.25, 0.3) is 0 Å². The molecule has 0 unspecified atom stereocenters. The van der Waals surface area contributed by atoms with Crippen molar-refractivity contribution in [1.82, 2.24) is 5.32 Å². The lowest BCUT2D eigenvalue weighted by Gasteiger charge is -2.19. The molecule has 0 fully saturated rings. The Morgan fingerprint density at radius 3 is 2.86 bits per heavy atom. The number of benzene rings is 2. The van der Waals surface area contributed by atoms with E-state index in [4.69, 9.17) is 18.9 Å². The van der Waals surface area contributed by atoms with Gasteiger partial charge in [0.15, 0.2) is 28.8 Å². The highest BCUT2D eigenvalue weighted by Crippen LogP contribution is 2.36. The Morgan fingerprint density at radius 2 is 1.93 bits per heavy atom. The molecule has 0 spiro atoms. The van der Waals surface area contributed by atoms with E-state index in [1.165, 1.54) is 17.7 Å². The fourth-order valence-electron chi connectivity index (χ4n) is 3.45. The van der Waals surface area contributed by atoms with Crippen LogP contribution in [0.1, 0.15) is 35.2 Å². The molecule has 0 aliphatic carbocycles. The summed E-state index contributed by atoms with van der Waals surface area (Å²) in [7, 11) is 0. The minimum absolute atomic E-state index is 0.115. The summed E-state index contributed by atoms with van der Waals surface area (Å²) >= 11 is 0. The zero-order chi connectivity index (χ0) is 20.1. The number of hydrogen-bond donors (Lipinski definition) is 1. The first-order valence-electron chi connectivity index (χ1n) is 9.92. The van der Waals surface area contributed by atoms with Crippen molar-refractivity contribution in [3.8, 4) is 23.0 Å². The van der Waals surface area contributed by atoms with Gasteiger partial charge in [-0.2, -0.15) is 0 Å². The minimum atomic E-state index is -0.492. The third-order valence-electron chi connectivity index (χ3n) is 4.94. The van der Waals surface area contributed by atoms with Gasteiger partial charge < -0.3 is 24.3 Å². The molecular formula is C22H24FNO5. The molecule has 2 aliphatic rings. The Bertz CT molecular complexity index is 886. The number of Topliss-reactive ketones (excluding diaryl/α,β-unsaturated/α-hetero) is 1. The third-order valence-corrected chi connectivity index (χ3v) is 4.94. The highest BCUT2D eigenvalue weighted by atomic mass is 19.1. The van der Waals surface area contributed by atoms with Gasteiger partial charge in [0.2, 0.25) is 6.79 Å². The second kappa shape index (κ2) is 9.13. The van der Waals surface area contributed by atoms with Crippen LogP contribution in [-0.2, 0) is 6.42 Å². The molecular weight excluding hydrogens is 377 g/mol. The van der Waals surface area contributed by atoms with E-state index in [1.54, 1.807) is 0 Å². The quantitative estimate of drug-likeness (QED) is 0.649. The van der Waals surface area contributed by atoms with Crippen molar-refractivity contribution in [1.29, 1.82) is 0 Å². The number of carbonyl (C=O) groups is 1. The van der Waals surface area contributed by atoms with Gasteiger partial charge >= 0.3 is 0 Å². The molecule has 0 aromatic heterocycles. The highest BCUT2D eigenvalue weighted by Gasteiger charge is 2.23. The predicted octanol–water partition coefficient (Wildman–Crippen LogP) is 3.51. The maximum absolute atomic E-state index is 13.7. The number of ether oxygens (including phenoxy) is 4. The van der Waals surface area contributed by atoms with E-state index in [-0.39, 0.29) is 23.5 Å². The molecule has 0 atom stereocenters. The summed E-state index contributed by atoms with van der Waals surface area (Å²) in [5, 5.41) is 3.32. The van der Waals surface area contributed by atoms with Crippen molar-refractivity contribution in [2.45, 2.75) is 25.7 Å². The van der Waals surface area contributed by atoms with Crippen LogP contribution in [0, 0.1) is 5.82 Å². The normalized spacial score (nSPS) is 14.4. The van der Waals surface area contributed by atoms with Crippen LogP contribution < -0.4 is 24.3 Å². The van der Waals surface area contributed by atoms with Crippen molar-refractivity contribution in [2.75, 3.05) is 33.1 Å². The summed E-state index contributed by atoms with van der Waals surface area (Å²) in [5.41, 5.74) is 1.51. The fourth-order valence-corrected chi connectivity index (χ4v) is 3.45. The van der Waals surface area contributed by atoms with Crippen LogP contribution >= 0.6 is 0 Å². The molecule has 0 radical (unpaired) electrons. The van der Waals surface area contributed by atoms with Crippen LogP contribution in [0.5, 0.6) is 23.0 Å². The van der Waals surface area contributed by atoms with Gasteiger partial charge in [-0.15, -0.1) is 0 Å². The van der Waals surface area contributed by atoms with Crippen molar-refractivity contribution >= 4 is 5.78 Å². The molecule has 6 nitrogen and oxygen atoms in total. The van der Waals surface area contributed by atoms with Gasteiger partial charge in [0.05, 0.1) is 12.2 Å². The lowest BCUT2D eigenvalue weighted by atomic mass is 10.0. The zero-order valence-electron chi connectivity index (χ0n) is 16.2. The largest absolute Gasteiger partial charge is 0.488 e. The molecule has 1 N–H and O–H groups in total. The molecule has 7 heteroatoms. The fraction of sp³-hybridized carbons (Fsp3) is 0.409. The first-order chi connectivity index (χ1) is 14.2. The van der Waals surface area contributed by atoms with Crippen LogP contribution in [0.3, 0.4) is 0 Å². The number of carbonyl (C=O) groups excluding carboxylic acids is 1. The number of nitrogens with one attached hydrogen (secondary N) is 1. The summed E-state index contributed by atoms with van der Waals surface area (Å²) < 4.78 is 35.6. The van der Waals surface area contributed by atoms with Crippen LogP contribution in [0.2, 0.25) is 0 Å². The first-order valence-corrected chi connectivity index (χ1v) is 9.92. The smallest absolute Gasteiger partial charge is 0.231 e. The third kappa shape index (κ3) is 4.79. The van der Waals surface area contributed by atoms with E-state index >= 15 is 0 Å². The average molecular weight is 401 g/mol. The van der Waals surface area contributed by atoms with E-state index in [2.05, 4.69) is 11.4 Å². The number of unbranched alkanes of at least 4 members (excludes halogenated alkanes) is 1. The summed E-state index contributed by atoms with van der Waals surface area (Å²) in [6.07, 6.45) is 3.33. The standard InChI is InChI=1S/C22H24FNO5/c23-16-12-17-18(25)6-9-27-22(17)21(13-16)26-10-8-24-7-2-1-3-15-4-5-19-20(11-15)29-14-28-19/h4-5,11-13,24H,1-3,6-10,14H2. The van der Waals surface area contributed by atoms with E-state index in [9.17, 15) is 9.18 Å². The Labute approximate surface area is 168 Å². The van der Waals surface area contributed by atoms with Gasteiger partial charge in [-0.05, 0) is 49.6 Å². The molecule has 2 aromatic rings. The summed E-state index contributed by atoms with van der Waals surface area (Å²) in [6.45, 7) is 2.46. The monoisotopic (exact) mass is 401 g/mol. The SMILES string of the molecule is O=C1CCOc2c(OCCNCCCCc3ccc4c(c3)OCO4)cc(F)cc21. The lowest BCUT2D eigenvalue weighted by molar-refractivity contribution is 0.0928. The minimum Gasteiger partial charge on any atom is -0.488 e. The number of fused-ring (bicyclic) bond motifs is 2. The van der Waals surface area contributed by atoms with Gasteiger partial charge in [-0.25, -0.2) is 4.39 Å². The van der Waals surface area contributed by atoms with Gasteiger partial charge in [0, 0.05) is 19.0 Å². The maximum atomic E-state index is 13.7. The Balaban J connectivity index is 1.14. The molecule has 29 heavy (non-hydrogen) atoms. The number of aryl methyl sites for hydroxylation is 1. The summed E-state index contributed by atoms with van der Waals surface area (Å²) in [4.78, 5) is 11.9. The number of rotatable bonds is 9. The molecule has 0 saturated carbocycles. The van der Waals surface area contributed by atoms with Crippen molar-refractivity contribution in [3.05, 3.63) is 47.3 Å². The van der Waals surface area contributed by atoms with Gasteiger partial charge in [-0.1, -0.05) is 6.07 Å². The topological polar surface area (TPSA) is 66.0 Å². The molecule has 0 amide bonds. The second-order valence-electron chi connectivity index (χ2n) is 7.05. The van der Waals surface area contributed by atoms with Gasteiger partial charge in [0.1, 0.15) is 12.4 Å². The van der Waals surface area contributed by atoms with Crippen LogP contribution in [0.15, 0.2) is 30.3 Å². The Hall–Kier alpha value is -2.80. The highest BCUT2D eigenvalue weighted by molar-refractivity contribution is 6.00. The number of ketones is 1. The van der Waals surface area contributed by atoms with E-state index < -0.39 is 5.82 Å². The number of hydrogen-bond acceptors (Lipinski definition) is 6. The first kappa shape index (κ1) is 19.5. The van der Waals surface area contributed by atoms with Crippen molar-refractivity contribution in [2.24, 2.45) is 0 Å². The molecule has 2 aliphatic heterocycles. The van der Waals surface area contributed by atoms with Crippen LogP contribution in [0.25, 0.3) is 0 Å². The van der Waals surface area contributed by atoms with E-state index in [0.29, 0.717) is 32.3 Å². The van der Waals surface area contributed by atoms with Crippen molar-refractivity contribution in [3.63, 3.8) is 0 Å². The van der Waals surface area contributed by atoms with Crippen molar-refractivity contribution < 1.29 is 28.1 Å². The summed E-state index contributed by atoms with van der Waals surface area (Å²) in [6, 6.07) is 8.54. The second-order valence-corrected chi connectivity index (χ2v) is 7.05. The average Bonchev–Trinajstić information content (AvgIpc) is 3.18. The van der Waals surface area contributed by atoms with Crippen LogP contribution in [-0.4, -0.2) is 38.9 Å². The molecule has 4 rings (SSSR count). The predicted molar refractivity (Wildman–Crippen MR) is 105 cm³/mol. The van der Waals surface area contributed by atoms with E-state index in [0.717, 1.165) is 37.3 Å². The molecule has 0 saturated heterocycles. The Kier molecular flexibility index (Phi) is 6.14. The molecule has 0 bridgehead atoms. The number of halogens is 1. The van der Waals surface area contributed by atoms with Crippen LogP contribution in [0.4, 0.5) is 4.39 Å². The maximum Gasteiger partial charge on any atom is 0.231 e. The molecule has 2 heterocycles. The molecule has 154 valence electrons. The summed E-state index contributed by atoms with van der Waals surface area (Å²) in [5.74, 6) is 1.67. The zero-order valence-corrected chi connectivity index (χ0v) is 16.2.